The van der Waals surface area contributed by atoms with Crippen LogP contribution in [0.4, 0.5) is 5.00 Å². The minimum Gasteiger partial charge on any atom is -0.316 e. The summed E-state index contributed by atoms with van der Waals surface area (Å²) >= 11 is 2.90. The van der Waals surface area contributed by atoms with Gasteiger partial charge in [-0.25, -0.2) is 0 Å². The molecular weight excluding hydrogens is 414 g/mol. The molecule has 0 unspecified atom stereocenters. The summed E-state index contributed by atoms with van der Waals surface area (Å²) in [5, 5.41) is 22.5. The number of nitrogens with zero attached hydrogens (tertiary/aromatic N) is 4. The van der Waals surface area contributed by atoms with E-state index in [-0.39, 0.29) is 11.7 Å². The average Bonchev–Trinajstić information content (AvgIpc) is 3.16. The van der Waals surface area contributed by atoms with Gasteiger partial charge in [-0.1, -0.05) is 41.9 Å². The van der Waals surface area contributed by atoms with Crippen LogP contribution < -0.4 is 5.32 Å². The van der Waals surface area contributed by atoms with Crippen LogP contribution >= 0.6 is 23.1 Å². The molecule has 0 fully saturated rings. The molecule has 1 aliphatic rings. The zero-order valence-corrected chi connectivity index (χ0v) is 18.7. The van der Waals surface area contributed by atoms with E-state index in [1.807, 2.05) is 36.7 Å². The molecular formula is C22H23N5OS2. The molecule has 30 heavy (non-hydrogen) atoms. The lowest BCUT2D eigenvalue weighted by Crippen LogP contribution is -2.14. The Morgan fingerprint density at radius 2 is 2.13 bits per heavy atom. The van der Waals surface area contributed by atoms with Crippen molar-refractivity contribution < 1.29 is 4.79 Å². The molecule has 1 N–H and O–H groups in total. The monoisotopic (exact) mass is 437 g/mol. The van der Waals surface area contributed by atoms with Gasteiger partial charge in [-0.05, 0) is 44.2 Å². The highest BCUT2D eigenvalue weighted by molar-refractivity contribution is 7.99. The summed E-state index contributed by atoms with van der Waals surface area (Å²) < 4.78 is 1.90. The third kappa shape index (κ3) is 4.27. The number of fused-ring (bicyclic) bond motifs is 1. The molecule has 1 amide bonds. The zero-order chi connectivity index (χ0) is 21.1. The standard InChI is InChI=1S/C22H23N5OS2/c1-14-7-6-8-15(11-14)20-25-26-22(27(20)2)29-13-19(28)24-21-17(12-23)16-9-4-3-5-10-18(16)30-21/h6-8,11H,3-5,9-10,13H2,1-2H3,(H,24,28). The van der Waals surface area contributed by atoms with Crippen LogP contribution in [-0.2, 0) is 24.7 Å². The first-order valence-electron chi connectivity index (χ1n) is 10.0. The number of rotatable bonds is 5. The molecule has 3 aromatic rings. The number of carbonyl (C=O) groups is 1. The molecule has 0 bridgehead atoms. The molecule has 2 aromatic heterocycles. The minimum atomic E-state index is -0.131. The third-order valence-electron chi connectivity index (χ3n) is 5.23. The predicted molar refractivity (Wildman–Crippen MR) is 121 cm³/mol. The van der Waals surface area contributed by atoms with Crippen LogP contribution in [0, 0.1) is 18.3 Å². The van der Waals surface area contributed by atoms with Gasteiger partial charge < -0.3 is 9.88 Å². The minimum absolute atomic E-state index is 0.131. The van der Waals surface area contributed by atoms with Crippen LogP contribution in [0.25, 0.3) is 11.4 Å². The Kier molecular flexibility index (Phi) is 6.21. The van der Waals surface area contributed by atoms with Crippen molar-refractivity contribution in [3.63, 3.8) is 0 Å². The van der Waals surface area contributed by atoms with E-state index in [1.54, 1.807) is 11.3 Å². The number of thiophene rings is 1. The molecule has 0 radical (unpaired) electrons. The first kappa shape index (κ1) is 20.6. The van der Waals surface area contributed by atoms with Gasteiger partial charge in [0.25, 0.3) is 0 Å². The van der Waals surface area contributed by atoms with Gasteiger partial charge in [0.1, 0.15) is 11.1 Å². The number of hydrogen-bond acceptors (Lipinski definition) is 6. The van der Waals surface area contributed by atoms with Crippen molar-refractivity contribution in [2.45, 2.75) is 44.2 Å². The number of thioether (sulfide) groups is 1. The number of hydrogen-bond donors (Lipinski definition) is 1. The largest absolute Gasteiger partial charge is 0.316 e. The molecule has 1 aromatic carbocycles. The van der Waals surface area contributed by atoms with E-state index < -0.39 is 0 Å². The van der Waals surface area contributed by atoms with Gasteiger partial charge in [0, 0.05) is 17.5 Å². The average molecular weight is 438 g/mol. The van der Waals surface area contributed by atoms with Gasteiger partial charge in [0.05, 0.1) is 11.3 Å². The summed E-state index contributed by atoms with van der Waals surface area (Å²) in [6.45, 7) is 2.04. The molecule has 154 valence electrons. The number of carbonyl (C=O) groups excluding carboxylic acids is 1. The second-order valence-corrected chi connectivity index (χ2v) is 9.50. The van der Waals surface area contributed by atoms with Crippen molar-refractivity contribution in [2.75, 3.05) is 11.1 Å². The van der Waals surface area contributed by atoms with Crippen LogP contribution in [0.2, 0.25) is 0 Å². The molecule has 6 nitrogen and oxygen atoms in total. The van der Waals surface area contributed by atoms with Gasteiger partial charge in [0.15, 0.2) is 11.0 Å². The normalized spacial score (nSPS) is 13.4. The summed E-state index contributed by atoms with van der Waals surface area (Å²) in [7, 11) is 1.90. The smallest absolute Gasteiger partial charge is 0.235 e. The van der Waals surface area contributed by atoms with Crippen molar-refractivity contribution in [2.24, 2.45) is 7.05 Å². The number of aryl methyl sites for hydroxylation is 2. The molecule has 0 saturated carbocycles. The number of amides is 1. The summed E-state index contributed by atoms with van der Waals surface area (Å²) in [5.41, 5.74) is 3.95. The predicted octanol–water partition coefficient (Wildman–Crippen LogP) is 4.72. The molecule has 0 spiro atoms. The van der Waals surface area contributed by atoms with E-state index in [1.165, 1.54) is 23.1 Å². The van der Waals surface area contributed by atoms with Crippen molar-refractivity contribution in [3.05, 3.63) is 45.8 Å². The lowest BCUT2D eigenvalue weighted by molar-refractivity contribution is -0.113. The van der Waals surface area contributed by atoms with E-state index in [0.29, 0.717) is 15.7 Å². The Labute approximate surface area is 184 Å². The Balaban J connectivity index is 1.43. The van der Waals surface area contributed by atoms with Crippen LogP contribution in [0.1, 0.15) is 40.8 Å². The maximum absolute atomic E-state index is 12.6. The zero-order valence-electron chi connectivity index (χ0n) is 17.1. The van der Waals surface area contributed by atoms with E-state index >= 15 is 0 Å². The summed E-state index contributed by atoms with van der Waals surface area (Å²) in [6, 6.07) is 10.4. The highest BCUT2D eigenvalue weighted by atomic mass is 32.2. The Hall–Kier alpha value is -2.63. The fraction of sp³-hybridized carbons (Fsp3) is 0.364. The molecule has 4 rings (SSSR count). The quantitative estimate of drug-likeness (QED) is 0.461. The van der Waals surface area contributed by atoms with Gasteiger partial charge in [-0.3, -0.25) is 4.79 Å². The first-order valence-corrected chi connectivity index (χ1v) is 11.8. The topological polar surface area (TPSA) is 83.6 Å². The SMILES string of the molecule is Cc1cccc(-c2nnc(SCC(=O)Nc3sc4c(c3C#N)CCCCC4)n2C)c1. The van der Waals surface area contributed by atoms with Crippen LogP contribution in [-0.4, -0.2) is 26.4 Å². The van der Waals surface area contributed by atoms with E-state index in [0.717, 1.165) is 48.2 Å². The van der Waals surface area contributed by atoms with Gasteiger partial charge in [-0.15, -0.1) is 21.5 Å². The fourth-order valence-corrected chi connectivity index (χ4v) is 5.68. The van der Waals surface area contributed by atoms with Crippen LogP contribution in [0.3, 0.4) is 0 Å². The van der Waals surface area contributed by atoms with Crippen molar-refractivity contribution in [3.8, 4) is 17.5 Å². The first-order chi connectivity index (χ1) is 14.6. The summed E-state index contributed by atoms with van der Waals surface area (Å²) in [6.07, 6.45) is 5.39. The van der Waals surface area contributed by atoms with E-state index in [2.05, 4.69) is 27.6 Å². The molecule has 0 aliphatic heterocycles. The molecule has 0 atom stereocenters. The van der Waals surface area contributed by atoms with Crippen LogP contribution in [0.15, 0.2) is 29.4 Å². The summed E-state index contributed by atoms with van der Waals surface area (Å²) in [4.78, 5) is 13.8. The highest BCUT2D eigenvalue weighted by Crippen LogP contribution is 2.37. The van der Waals surface area contributed by atoms with Crippen molar-refractivity contribution in [1.29, 1.82) is 5.26 Å². The maximum Gasteiger partial charge on any atom is 0.235 e. The lowest BCUT2D eigenvalue weighted by atomic mass is 10.1. The number of nitrogens with one attached hydrogen (secondary N) is 1. The molecule has 8 heteroatoms. The third-order valence-corrected chi connectivity index (χ3v) is 7.46. The molecule has 1 aliphatic carbocycles. The Morgan fingerprint density at radius 3 is 2.93 bits per heavy atom. The summed E-state index contributed by atoms with van der Waals surface area (Å²) in [5.74, 6) is 0.858. The number of aromatic nitrogens is 3. The van der Waals surface area contributed by atoms with Gasteiger partial charge >= 0.3 is 0 Å². The van der Waals surface area contributed by atoms with E-state index in [9.17, 15) is 10.1 Å². The number of anilines is 1. The van der Waals surface area contributed by atoms with Crippen molar-refractivity contribution in [1.82, 2.24) is 14.8 Å². The number of nitriles is 1. The Morgan fingerprint density at radius 1 is 1.30 bits per heavy atom. The Bertz CT molecular complexity index is 1130. The van der Waals surface area contributed by atoms with Gasteiger partial charge in [0.2, 0.25) is 5.91 Å². The lowest BCUT2D eigenvalue weighted by Gasteiger charge is -2.05. The van der Waals surface area contributed by atoms with Crippen molar-refractivity contribution >= 4 is 34.0 Å². The fourth-order valence-electron chi connectivity index (χ4n) is 3.72. The van der Waals surface area contributed by atoms with E-state index in [4.69, 9.17) is 0 Å². The van der Waals surface area contributed by atoms with Gasteiger partial charge in [-0.2, -0.15) is 5.26 Å². The maximum atomic E-state index is 12.6. The molecule has 2 heterocycles. The second-order valence-electron chi connectivity index (χ2n) is 7.45. The van der Waals surface area contributed by atoms with Crippen LogP contribution in [0.5, 0.6) is 0 Å². The second kappa shape index (κ2) is 9.02. The highest BCUT2D eigenvalue weighted by Gasteiger charge is 2.21. The molecule has 0 saturated heterocycles. The number of benzene rings is 1.